The molecular weight excluding hydrogens is 352 g/mol. The van der Waals surface area contributed by atoms with Crippen molar-refractivity contribution in [2.24, 2.45) is 0 Å². The van der Waals surface area contributed by atoms with Crippen LogP contribution in [0, 0.1) is 6.92 Å². The van der Waals surface area contributed by atoms with Gasteiger partial charge in [0, 0.05) is 12.2 Å². The summed E-state index contributed by atoms with van der Waals surface area (Å²) in [6.07, 6.45) is 0. The standard InChI is InChI=1S/C23H24N2O3/c1-3-27-22-15-18(16-24-25-20-10-5-4-6-11-20)12-13-21(22)28-23(26)19-9-7-8-17(2)14-19/h4-15,24-25H,3,16H2,1-2H3. The minimum Gasteiger partial charge on any atom is -0.490 e. The van der Waals surface area contributed by atoms with E-state index in [0.717, 1.165) is 16.8 Å². The predicted octanol–water partition coefficient (Wildman–Crippen LogP) is 4.73. The molecule has 0 aliphatic carbocycles. The van der Waals surface area contributed by atoms with Crippen molar-refractivity contribution in [3.8, 4) is 11.5 Å². The summed E-state index contributed by atoms with van der Waals surface area (Å²) in [6, 6.07) is 22.7. The second kappa shape index (κ2) is 9.58. The van der Waals surface area contributed by atoms with Crippen molar-refractivity contribution in [1.82, 2.24) is 5.43 Å². The van der Waals surface area contributed by atoms with Crippen LogP contribution in [0.1, 0.15) is 28.4 Å². The smallest absolute Gasteiger partial charge is 0.343 e. The second-order valence-corrected chi connectivity index (χ2v) is 6.32. The Morgan fingerprint density at radius 3 is 2.50 bits per heavy atom. The molecule has 5 nitrogen and oxygen atoms in total. The minimum atomic E-state index is -0.402. The lowest BCUT2D eigenvalue weighted by Crippen LogP contribution is -2.20. The molecule has 28 heavy (non-hydrogen) atoms. The molecule has 2 N–H and O–H groups in total. The van der Waals surface area contributed by atoms with E-state index in [1.165, 1.54) is 0 Å². The first-order valence-corrected chi connectivity index (χ1v) is 9.24. The number of hydrazine groups is 1. The van der Waals surface area contributed by atoms with E-state index in [4.69, 9.17) is 9.47 Å². The molecule has 0 saturated carbocycles. The van der Waals surface area contributed by atoms with Crippen molar-refractivity contribution in [2.45, 2.75) is 20.4 Å². The molecule has 3 rings (SSSR count). The maximum Gasteiger partial charge on any atom is 0.343 e. The van der Waals surface area contributed by atoms with E-state index >= 15 is 0 Å². The number of benzene rings is 3. The number of hydrogen-bond acceptors (Lipinski definition) is 5. The van der Waals surface area contributed by atoms with Gasteiger partial charge in [-0.2, -0.15) is 0 Å². The predicted molar refractivity (Wildman–Crippen MR) is 111 cm³/mol. The molecular formula is C23H24N2O3. The molecule has 3 aromatic rings. The molecule has 0 amide bonds. The number of aryl methyl sites for hydroxylation is 1. The Bertz CT molecular complexity index is 926. The lowest BCUT2D eigenvalue weighted by atomic mass is 10.1. The number of esters is 1. The van der Waals surface area contributed by atoms with Crippen LogP contribution < -0.4 is 20.3 Å². The van der Waals surface area contributed by atoms with Crippen molar-refractivity contribution >= 4 is 11.7 Å². The van der Waals surface area contributed by atoms with Gasteiger partial charge in [0.1, 0.15) is 0 Å². The summed E-state index contributed by atoms with van der Waals surface area (Å²) in [4.78, 5) is 12.4. The van der Waals surface area contributed by atoms with Crippen molar-refractivity contribution in [1.29, 1.82) is 0 Å². The van der Waals surface area contributed by atoms with Gasteiger partial charge in [0.25, 0.3) is 0 Å². The zero-order valence-electron chi connectivity index (χ0n) is 16.1. The summed E-state index contributed by atoms with van der Waals surface area (Å²) in [5.74, 6) is 0.553. The highest BCUT2D eigenvalue weighted by Gasteiger charge is 2.13. The fraction of sp³-hybridized carbons (Fsp3) is 0.174. The number of hydrogen-bond donors (Lipinski definition) is 2. The highest BCUT2D eigenvalue weighted by Crippen LogP contribution is 2.29. The summed E-state index contributed by atoms with van der Waals surface area (Å²) >= 11 is 0. The molecule has 0 aliphatic heterocycles. The first kappa shape index (κ1) is 19.5. The van der Waals surface area contributed by atoms with Gasteiger partial charge in [-0.3, -0.25) is 0 Å². The van der Waals surface area contributed by atoms with Gasteiger partial charge in [0.2, 0.25) is 0 Å². The van der Waals surface area contributed by atoms with Crippen LogP contribution in [-0.2, 0) is 6.54 Å². The molecule has 0 saturated heterocycles. The van der Waals surface area contributed by atoms with Crippen LogP contribution in [0.5, 0.6) is 11.5 Å². The molecule has 0 atom stereocenters. The fourth-order valence-corrected chi connectivity index (χ4v) is 2.72. The van der Waals surface area contributed by atoms with E-state index in [1.807, 2.05) is 68.4 Å². The maximum absolute atomic E-state index is 12.4. The monoisotopic (exact) mass is 376 g/mol. The van der Waals surface area contributed by atoms with Gasteiger partial charge < -0.3 is 14.9 Å². The van der Waals surface area contributed by atoms with E-state index in [9.17, 15) is 4.79 Å². The summed E-state index contributed by atoms with van der Waals surface area (Å²) < 4.78 is 11.2. The van der Waals surface area contributed by atoms with Crippen LogP contribution in [0.4, 0.5) is 5.69 Å². The van der Waals surface area contributed by atoms with Crippen molar-refractivity contribution in [3.63, 3.8) is 0 Å². The first-order chi connectivity index (χ1) is 13.7. The van der Waals surface area contributed by atoms with E-state index in [-0.39, 0.29) is 0 Å². The fourth-order valence-electron chi connectivity index (χ4n) is 2.72. The molecule has 0 aliphatic rings. The van der Waals surface area contributed by atoms with Gasteiger partial charge in [-0.05, 0) is 55.8 Å². The molecule has 5 heteroatoms. The van der Waals surface area contributed by atoms with Crippen LogP contribution in [0.2, 0.25) is 0 Å². The van der Waals surface area contributed by atoms with Crippen LogP contribution in [0.25, 0.3) is 0 Å². The Labute approximate surface area is 165 Å². The Morgan fingerprint density at radius 1 is 0.929 bits per heavy atom. The van der Waals surface area contributed by atoms with E-state index in [0.29, 0.717) is 30.2 Å². The van der Waals surface area contributed by atoms with Crippen molar-refractivity contribution in [2.75, 3.05) is 12.0 Å². The number of anilines is 1. The molecule has 0 bridgehead atoms. The van der Waals surface area contributed by atoms with Gasteiger partial charge >= 0.3 is 5.97 Å². The molecule has 0 aromatic heterocycles. The van der Waals surface area contributed by atoms with E-state index in [2.05, 4.69) is 10.9 Å². The zero-order valence-corrected chi connectivity index (χ0v) is 16.1. The molecule has 0 heterocycles. The third kappa shape index (κ3) is 5.34. The Hall–Kier alpha value is -3.31. The molecule has 0 unspecified atom stereocenters. The largest absolute Gasteiger partial charge is 0.490 e. The normalized spacial score (nSPS) is 10.4. The highest BCUT2D eigenvalue weighted by molar-refractivity contribution is 5.91. The lowest BCUT2D eigenvalue weighted by Gasteiger charge is -2.13. The van der Waals surface area contributed by atoms with Crippen molar-refractivity contribution < 1.29 is 14.3 Å². The van der Waals surface area contributed by atoms with E-state index < -0.39 is 5.97 Å². The minimum absolute atomic E-state index is 0.402. The Morgan fingerprint density at radius 2 is 1.75 bits per heavy atom. The van der Waals surface area contributed by atoms with Gasteiger partial charge in [0.15, 0.2) is 11.5 Å². The quantitative estimate of drug-likeness (QED) is 0.338. The average molecular weight is 376 g/mol. The Kier molecular flexibility index (Phi) is 6.65. The topological polar surface area (TPSA) is 59.6 Å². The molecule has 144 valence electrons. The zero-order chi connectivity index (χ0) is 19.8. The summed E-state index contributed by atoms with van der Waals surface area (Å²) in [5.41, 5.74) is 9.81. The Balaban J connectivity index is 1.67. The van der Waals surface area contributed by atoms with Crippen LogP contribution >= 0.6 is 0 Å². The number of nitrogens with one attached hydrogen (secondary N) is 2. The van der Waals surface area contributed by atoms with Gasteiger partial charge in [-0.1, -0.05) is 42.0 Å². The number of rotatable bonds is 8. The lowest BCUT2D eigenvalue weighted by molar-refractivity contribution is 0.0728. The highest BCUT2D eigenvalue weighted by atomic mass is 16.6. The number of ether oxygens (including phenoxy) is 2. The van der Waals surface area contributed by atoms with Gasteiger partial charge in [0.05, 0.1) is 12.2 Å². The number of para-hydroxylation sites is 1. The van der Waals surface area contributed by atoms with Crippen LogP contribution in [-0.4, -0.2) is 12.6 Å². The second-order valence-electron chi connectivity index (χ2n) is 6.32. The van der Waals surface area contributed by atoms with Crippen LogP contribution in [0.3, 0.4) is 0 Å². The van der Waals surface area contributed by atoms with Crippen molar-refractivity contribution in [3.05, 3.63) is 89.5 Å². The summed E-state index contributed by atoms with van der Waals surface area (Å²) in [5, 5.41) is 0. The number of carbonyl (C=O) groups is 1. The summed E-state index contributed by atoms with van der Waals surface area (Å²) in [7, 11) is 0. The third-order valence-electron chi connectivity index (χ3n) is 4.06. The first-order valence-electron chi connectivity index (χ1n) is 9.24. The van der Waals surface area contributed by atoms with Crippen LogP contribution in [0.15, 0.2) is 72.8 Å². The number of carbonyl (C=O) groups excluding carboxylic acids is 1. The molecule has 0 spiro atoms. The molecule has 0 radical (unpaired) electrons. The van der Waals surface area contributed by atoms with Gasteiger partial charge in [-0.25, -0.2) is 10.2 Å². The SMILES string of the molecule is CCOc1cc(CNNc2ccccc2)ccc1OC(=O)c1cccc(C)c1. The third-order valence-corrected chi connectivity index (χ3v) is 4.06. The van der Waals surface area contributed by atoms with Gasteiger partial charge in [-0.15, -0.1) is 0 Å². The molecule has 0 fully saturated rings. The average Bonchev–Trinajstić information content (AvgIpc) is 2.71. The van der Waals surface area contributed by atoms with E-state index in [1.54, 1.807) is 18.2 Å². The molecule has 3 aromatic carbocycles. The maximum atomic E-state index is 12.4. The summed E-state index contributed by atoms with van der Waals surface area (Å²) in [6.45, 7) is 4.90.